The van der Waals surface area contributed by atoms with Crippen LogP contribution in [0.3, 0.4) is 0 Å². The summed E-state index contributed by atoms with van der Waals surface area (Å²) in [6.07, 6.45) is 13.9. The van der Waals surface area contributed by atoms with Crippen LogP contribution in [0.2, 0.25) is 0 Å². The van der Waals surface area contributed by atoms with E-state index in [9.17, 15) is 0 Å². The molecule has 1 aromatic rings. The van der Waals surface area contributed by atoms with Gasteiger partial charge in [-0.15, -0.1) is 12.4 Å². The second-order valence-electron chi connectivity index (χ2n) is 6.13. The Kier molecular flexibility index (Phi) is 20.0. The number of rotatable bonds is 10. The van der Waals surface area contributed by atoms with Gasteiger partial charge in [0.15, 0.2) is 0 Å². The molecule has 0 heterocycles. The van der Waals surface area contributed by atoms with Gasteiger partial charge in [0.25, 0.3) is 0 Å². The highest BCUT2D eigenvalue weighted by molar-refractivity contribution is 5.85. The Morgan fingerprint density at radius 1 is 0.636 bits per heavy atom. The Labute approximate surface area is 145 Å². The van der Waals surface area contributed by atoms with Gasteiger partial charge in [-0.25, -0.2) is 0 Å². The molecule has 0 aromatic heterocycles. The van der Waals surface area contributed by atoms with Crippen molar-refractivity contribution in [1.82, 2.24) is 0 Å². The highest BCUT2D eigenvalue weighted by Crippen LogP contribution is 2.09. The average Bonchev–Trinajstić information content (AvgIpc) is 2.49. The lowest BCUT2D eigenvalue weighted by atomic mass is 10.1. The van der Waals surface area contributed by atoms with E-state index in [-0.39, 0.29) is 12.4 Å². The van der Waals surface area contributed by atoms with Gasteiger partial charge in [-0.05, 0) is 26.8 Å². The standard InChI is InChI=1S/C12H27N.C8H10.ClH/c1-2-3-4-5-6-7-8-9-10-11-12-13;1-7-3-5-8(2)6-4-7;/h2-13H2,1H3;3-6H,1-2H3;1H. The van der Waals surface area contributed by atoms with E-state index in [0.717, 1.165) is 6.54 Å². The Morgan fingerprint density at radius 2 is 0.955 bits per heavy atom. The molecule has 1 nitrogen and oxygen atoms in total. The van der Waals surface area contributed by atoms with Crippen LogP contribution in [0.4, 0.5) is 0 Å². The maximum Gasteiger partial charge on any atom is -0.00773 e. The zero-order valence-corrected chi connectivity index (χ0v) is 15.9. The van der Waals surface area contributed by atoms with E-state index in [0.29, 0.717) is 0 Å². The number of hydrogen-bond acceptors (Lipinski definition) is 1. The molecule has 2 N–H and O–H groups in total. The van der Waals surface area contributed by atoms with Crippen LogP contribution in [0, 0.1) is 13.8 Å². The molecule has 0 spiro atoms. The van der Waals surface area contributed by atoms with Crippen LogP contribution in [0.25, 0.3) is 0 Å². The molecule has 1 aromatic carbocycles. The van der Waals surface area contributed by atoms with Crippen LogP contribution >= 0.6 is 12.4 Å². The van der Waals surface area contributed by atoms with Crippen LogP contribution in [0.15, 0.2) is 24.3 Å². The van der Waals surface area contributed by atoms with Gasteiger partial charge in [-0.1, -0.05) is 100 Å². The minimum Gasteiger partial charge on any atom is -0.330 e. The number of unbranched alkanes of at least 4 members (excludes halogenated alkanes) is 9. The summed E-state index contributed by atoms with van der Waals surface area (Å²) in [6, 6.07) is 8.48. The van der Waals surface area contributed by atoms with Gasteiger partial charge in [-0.3, -0.25) is 0 Å². The first-order chi connectivity index (χ1) is 10.2. The summed E-state index contributed by atoms with van der Waals surface area (Å²) in [7, 11) is 0. The Morgan fingerprint density at radius 3 is 1.27 bits per heavy atom. The van der Waals surface area contributed by atoms with Crippen molar-refractivity contribution in [1.29, 1.82) is 0 Å². The van der Waals surface area contributed by atoms with Crippen molar-refractivity contribution < 1.29 is 0 Å². The van der Waals surface area contributed by atoms with Gasteiger partial charge in [0.05, 0.1) is 0 Å². The second-order valence-corrected chi connectivity index (χ2v) is 6.13. The minimum atomic E-state index is 0. The molecule has 130 valence electrons. The Hall–Kier alpha value is -0.530. The molecular formula is C20H38ClN. The third-order valence-corrected chi connectivity index (χ3v) is 3.78. The number of hydrogen-bond donors (Lipinski definition) is 1. The summed E-state index contributed by atoms with van der Waals surface area (Å²) in [4.78, 5) is 0. The molecular weight excluding hydrogens is 290 g/mol. The highest BCUT2D eigenvalue weighted by atomic mass is 35.5. The molecule has 0 radical (unpaired) electrons. The van der Waals surface area contributed by atoms with E-state index >= 15 is 0 Å². The zero-order valence-electron chi connectivity index (χ0n) is 15.1. The van der Waals surface area contributed by atoms with E-state index in [2.05, 4.69) is 45.0 Å². The lowest BCUT2D eigenvalue weighted by Crippen LogP contribution is -1.97. The predicted octanol–water partition coefficient (Wildman–Crippen LogP) is 6.59. The summed E-state index contributed by atoms with van der Waals surface area (Å²) >= 11 is 0. The lowest BCUT2D eigenvalue weighted by molar-refractivity contribution is 0.558. The third-order valence-electron chi connectivity index (χ3n) is 3.78. The largest absolute Gasteiger partial charge is 0.330 e. The van der Waals surface area contributed by atoms with Crippen molar-refractivity contribution in [3.63, 3.8) is 0 Å². The van der Waals surface area contributed by atoms with Crippen molar-refractivity contribution in [3.05, 3.63) is 35.4 Å². The lowest BCUT2D eigenvalue weighted by Gasteiger charge is -2.00. The van der Waals surface area contributed by atoms with Crippen molar-refractivity contribution in [2.24, 2.45) is 5.73 Å². The predicted molar refractivity (Wildman–Crippen MR) is 104 cm³/mol. The van der Waals surface area contributed by atoms with Crippen LogP contribution in [0.1, 0.15) is 82.3 Å². The smallest absolute Gasteiger partial charge is 0.00773 e. The van der Waals surface area contributed by atoms with E-state index < -0.39 is 0 Å². The first kappa shape index (κ1) is 23.7. The molecule has 1 rings (SSSR count). The van der Waals surface area contributed by atoms with E-state index in [1.54, 1.807) is 0 Å². The second kappa shape index (κ2) is 18.5. The summed E-state index contributed by atoms with van der Waals surface area (Å²) in [5.41, 5.74) is 8.08. The van der Waals surface area contributed by atoms with Gasteiger partial charge in [-0.2, -0.15) is 0 Å². The van der Waals surface area contributed by atoms with E-state index in [1.165, 1.54) is 75.3 Å². The van der Waals surface area contributed by atoms with Gasteiger partial charge >= 0.3 is 0 Å². The molecule has 2 heteroatoms. The summed E-state index contributed by atoms with van der Waals surface area (Å²) in [6.45, 7) is 7.34. The molecule has 0 aliphatic carbocycles. The van der Waals surface area contributed by atoms with E-state index in [4.69, 9.17) is 5.73 Å². The van der Waals surface area contributed by atoms with Crippen molar-refractivity contribution >= 4 is 12.4 Å². The monoisotopic (exact) mass is 327 g/mol. The molecule has 22 heavy (non-hydrogen) atoms. The van der Waals surface area contributed by atoms with Crippen LogP contribution in [-0.4, -0.2) is 6.54 Å². The average molecular weight is 328 g/mol. The first-order valence-corrected chi connectivity index (χ1v) is 8.94. The fourth-order valence-electron chi connectivity index (χ4n) is 2.27. The highest BCUT2D eigenvalue weighted by Gasteiger charge is 1.91. The summed E-state index contributed by atoms with van der Waals surface area (Å²) < 4.78 is 0. The first-order valence-electron chi connectivity index (χ1n) is 8.94. The molecule has 0 unspecified atom stereocenters. The Balaban J connectivity index is 0. The fraction of sp³-hybridized carbons (Fsp3) is 0.700. The molecule has 0 bridgehead atoms. The molecule has 0 saturated heterocycles. The maximum absolute atomic E-state index is 5.42. The number of aryl methyl sites for hydroxylation is 2. The number of halogens is 1. The summed E-state index contributed by atoms with van der Waals surface area (Å²) in [5.74, 6) is 0. The fourth-order valence-corrected chi connectivity index (χ4v) is 2.27. The van der Waals surface area contributed by atoms with Gasteiger partial charge < -0.3 is 5.73 Å². The normalized spacial score (nSPS) is 9.64. The topological polar surface area (TPSA) is 26.0 Å². The van der Waals surface area contributed by atoms with Crippen LogP contribution in [-0.2, 0) is 0 Å². The van der Waals surface area contributed by atoms with Gasteiger partial charge in [0, 0.05) is 0 Å². The van der Waals surface area contributed by atoms with Crippen LogP contribution < -0.4 is 5.73 Å². The minimum absolute atomic E-state index is 0. The molecule has 0 aliphatic heterocycles. The van der Waals surface area contributed by atoms with E-state index in [1.807, 2.05) is 0 Å². The van der Waals surface area contributed by atoms with Crippen LogP contribution in [0.5, 0.6) is 0 Å². The van der Waals surface area contributed by atoms with Gasteiger partial charge in [0.1, 0.15) is 0 Å². The molecule has 0 atom stereocenters. The van der Waals surface area contributed by atoms with Crippen molar-refractivity contribution in [2.75, 3.05) is 6.54 Å². The maximum atomic E-state index is 5.42. The SMILES string of the molecule is CCCCCCCCCCCCN.Cc1ccc(C)cc1.Cl. The summed E-state index contributed by atoms with van der Waals surface area (Å²) in [5, 5.41) is 0. The third kappa shape index (κ3) is 17.5. The van der Waals surface area contributed by atoms with Gasteiger partial charge in [0.2, 0.25) is 0 Å². The molecule has 0 amide bonds. The molecule has 0 saturated carbocycles. The molecule has 0 aliphatic rings. The zero-order chi connectivity index (χ0) is 15.8. The molecule has 0 fully saturated rings. The van der Waals surface area contributed by atoms with Crippen molar-refractivity contribution in [3.8, 4) is 0 Å². The number of nitrogens with two attached hydrogens (primary N) is 1. The quantitative estimate of drug-likeness (QED) is 0.482. The van der Waals surface area contributed by atoms with Crippen molar-refractivity contribution in [2.45, 2.75) is 85.0 Å². The number of benzene rings is 1. The Bertz CT molecular complexity index is 277.